The molecule has 8 nitrogen and oxygen atoms in total. The van der Waals surface area contributed by atoms with Crippen molar-refractivity contribution in [1.29, 1.82) is 0 Å². The van der Waals surface area contributed by atoms with Gasteiger partial charge in [0.2, 0.25) is 9.84 Å². The molecule has 0 aliphatic carbocycles. The molecular formula is C20H14N2O6S. The van der Waals surface area contributed by atoms with E-state index in [2.05, 4.69) is 0 Å². The van der Waals surface area contributed by atoms with Crippen LogP contribution in [0.3, 0.4) is 0 Å². The van der Waals surface area contributed by atoms with Crippen LogP contribution in [0.25, 0.3) is 0 Å². The summed E-state index contributed by atoms with van der Waals surface area (Å²) in [6, 6.07) is 10.9. The van der Waals surface area contributed by atoms with E-state index in [9.17, 15) is 27.9 Å². The number of hydrogen-bond donors (Lipinski definition) is 1. The van der Waals surface area contributed by atoms with Crippen molar-refractivity contribution in [3.63, 3.8) is 0 Å². The first-order valence-corrected chi connectivity index (χ1v) is 9.98. The highest BCUT2D eigenvalue weighted by atomic mass is 32.2. The molecule has 0 saturated heterocycles. The Morgan fingerprint density at radius 2 is 1.17 bits per heavy atom. The Labute approximate surface area is 165 Å². The third-order valence-corrected chi connectivity index (χ3v) is 6.34. The summed E-state index contributed by atoms with van der Waals surface area (Å²) >= 11 is 0. The molecular weight excluding hydrogens is 396 g/mol. The fourth-order valence-corrected chi connectivity index (χ4v) is 4.36. The van der Waals surface area contributed by atoms with E-state index in [1.807, 2.05) is 0 Å². The molecule has 2 aromatic carbocycles. The largest absolute Gasteiger partial charge is 0.369 e. The number of rotatable bonds is 4. The molecule has 0 radical (unpaired) electrons. The van der Waals surface area contributed by atoms with E-state index in [0.29, 0.717) is 5.69 Å². The topological polar surface area (TPSA) is 112 Å². The molecule has 2 heterocycles. The van der Waals surface area contributed by atoms with E-state index in [4.69, 9.17) is 0 Å². The molecule has 3 amide bonds. The summed E-state index contributed by atoms with van der Waals surface area (Å²) in [6.45, 7) is 0. The van der Waals surface area contributed by atoms with Gasteiger partial charge in [-0.3, -0.25) is 19.3 Å². The highest BCUT2D eigenvalue weighted by Crippen LogP contribution is 2.28. The second-order valence-corrected chi connectivity index (χ2v) is 8.27. The van der Waals surface area contributed by atoms with E-state index >= 15 is 0 Å². The minimum atomic E-state index is -3.86. The molecule has 2 aromatic rings. The lowest BCUT2D eigenvalue weighted by Crippen LogP contribution is -2.33. The molecule has 0 spiro atoms. The van der Waals surface area contributed by atoms with Crippen molar-refractivity contribution in [3.8, 4) is 0 Å². The SMILES string of the molecule is O=C1C=CC(=O)N1c1ccc(S(=O)(=O)c2ccc(N3C(=O)C=CC3O)cc2)cc1. The van der Waals surface area contributed by atoms with Crippen molar-refractivity contribution in [3.05, 3.63) is 72.8 Å². The van der Waals surface area contributed by atoms with Gasteiger partial charge >= 0.3 is 0 Å². The molecule has 0 bridgehead atoms. The molecule has 1 N–H and O–H groups in total. The molecule has 1 atom stereocenters. The Kier molecular flexibility index (Phi) is 4.40. The first kappa shape index (κ1) is 18.8. The van der Waals surface area contributed by atoms with E-state index in [0.717, 1.165) is 22.0 Å². The number of imide groups is 1. The summed E-state index contributed by atoms with van der Waals surface area (Å²) in [5, 5.41) is 9.82. The van der Waals surface area contributed by atoms with Crippen molar-refractivity contribution in [2.75, 3.05) is 9.80 Å². The van der Waals surface area contributed by atoms with E-state index < -0.39 is 33.8 Å². The number of aliphatic hydroxyl groups is 1. The molecule has 0 aromatic heterocycles. The molecule has 29 heavy (non-hydrogen) atoms. The summed E-state index contributed by atoms with van der Waals surface area (Å²) in [6.07, 6.45) is 3.77. The van der Waals surface area contributed by atoms with Crippen molar-refractivity contribution in [2.24, 2.45) is 0 Å². The van der Waals surface area contributed by atoms with Crippen LogP contribution in [-0.2, 0) is 24.2 Å². The Morgan fingerprint density at radius 3 is 1.62 bits per heavy atom. The predicted octanol–water partition coefficient (Wildman–Crippen LogP) is 1.17. The standard InChI is InChI=1S/C20H14N2O6S/c23-17-9-10-18(24)21(17)13-1-5-15(6-2-13)29(27,28)16-7-3-14(4-8-16)22-19(25)11-12-20(22)26/h1-12,17,23H. The summed E-state index contributed by atoms with van der Waals surface area (Å²) in [7, 11) is -3.86. The maximum absolute atomic E-state index is 12.9. The number of hydrogen-bond acceptors (Lipinski definition) is 6. The first-order valence-electron chi connectivity index (χ1n) is 8.50. The highest BCUT2D eigenvalue weighted by molar-refractivity contribution is 7.91. The first-order chi connectivity index (χ1) is 13.8. The number of nitrogens with zero attached hydrogens (tertiary/aromatic N) is 2. The van der Waals surface area contributed by atoms with Gasteiger partial charge in [-0.1, -0.05) is 0 Å². The Balaban J connectivity index is 1.59. The minimum absolute atomic E-state index is 0.00177. The van der Waals surface area contributed by atoms with Crippen LogP contribution in [0.4, 0.5) is 11.4 Å². The number of carbonyl (C=O) groups excluding carboxylic acids is 3. The van der Waals surface area contributed by atoms with Gasteiger partial charge in [0.25, 0.3) is 17.7 Å². The van der Waals surface area contributed by atoms with Crippen LogP contribution >= 0.6 is 0 Å². The van der Waals surface area contributed by atoms with Crippen molar-refractivity contribution in [1.82, 2.24) is 0 Å². The number of carbonyl (C=O) groups is 3. The summed E-state index contributed by atoms with van der Waals surface area (Å²) < 4.78 is 25.7. The van der Waals surface area contributed by atoms with Gasteiger partial charge in [-0.05, 0) is 54.6 Å². The molecule has 0 saturated carbocycles. The minimum Gasteiger partial charge on any atom is -0.369 e. The normalized spacial score (nSPS) is 18.9. The second kappa shape index (κ2) is 6.80. The Hall–Kier alpha value is -3.56. The lowest BCUT2D eigenvalue weighted by molar-refractivity contribution is -0.120. The predicted molar refractivity (Wildman–Crippen MR) is 103 cm³/mol. The zero-order valence-electron chi connectivity index (χ0n) is 14.8. The Bertz CT molecular complexity index is 1160. The fourth-order valence-electron chi connectivity index (χ4n) is 3.10. The van der Waals surface area contributed by atoms with Gasteiger partial charge in [0.1, 0.15) is 0 Å². The summed E-state index contributed by atoms with van der Waals surface area (Å²) in [5.41, 5.74) is 0.633. The Morgan fingerprint density at radius 1 is 0.690 bits per heavy atom. The van der Waals surface area contributed by atoms with Gasteiger partial charge in [-0.2, -0.15) is 0 Å². The van der Waals surface area contributed by atoms with Gasteiger partial charge in [0.15, 0.2) is 6.23 Å². The van der Waals surface area contributed by atoms with Crippen LogP contribution in [0, 0.1) is 0 Å². The van der Waals surface area contributed by atoms with Crippen LogP contribution < -0.4 is 9.80 Å². The van der Waals surface area contributed by atoms with E-state index in [-0.39, 0.29) is 15.5 Å². The van der Waals surface area contributed by atoms with Crippen molar-refractivity contribution >= 4 is 38.9 Å². The number of aliphatic hydroxyl groups excluding tert-OH is 1. The maximum Gasteiger partial charge on any atom is 0.258 e. The molecule has 9 heteroatoms. The van der Waals surface area contributed by atoms with Crippen LogP contribution in [0.2, 0.25) is 0 Å². The smallest absolute Gasteiger partial charge is 0.258 e. The average Bonchev–Trinajstić information content (AvgIpc) is 3.22. The third kappa shape index (κ3) is 3.16. The summed E-state index contributed by atoms with van der Waals surface area (Å²) in [4.78, 5) is 37.3. The number of amides is 3. The molecule has 1 unspecified atom stereocenters. The van der Waals surface area contributed by atoms with Crippen LogP contribution in [0.1, 0.15) is 0 Å². The number of benzene rings is 2. The van der Waals surface area contributed by atoms with E-state index in [1.54, 1.807) is 0 Å². The van der Waals surface area contributed by atoms with Gasteiger partial charge in [-0.25, -0.2) is 13.3 Å². The van der Waals surface area contributed by atoms with Gasteiger partial charge in [0.05, 0.1) is 15.5 Å². The fraction of sp³-hybridized carbons (Fsp3) is 0.0500. The number of sulfone groups is 1. The van der Waals surface area contributed by atoms with Crippen LogP contribution in [-0.4, -0.2) is 37.5 Å². The highest BCUT2D eigenvalue weighted by Gasteiger charge is 2.27. The van der Waals surface area contributed by atoms with Crippen LogP contribution in [0.5, 0.6) is 0 Å². The average molecular weight is 410 g/mol. The quantitative estimate of drug-likeness (QED) is 0.758. The zero-order valence-corrected chi connectivity index (χ0v) is 15.6. The molecule has 0 fully saturated rings. The molecule has 2 aliphatic rings. The van der Waals surface area contributed by atoms with Crippen molar-refractivity contribution in [2.45, 2.75) is 16.0 Å². The lowest BCUT2D eigenvalue weighted by Gasteiger charge is -2.20. The molecule has 146 valence electrons. The van der Waals surface area contributed by atoms with Gasteiger partial charge in [0, 0.05) is 23.9 Å². The maximum atomic E-state index is 12.9. The van der Waals surface area contributed by atoms with Crippen molar-refractivity contribution < 1.29 is 27.9 Å². The second-order valence-electron chi connectivity index (χ2n) is 6.32. The van der Waals surface area contributed by atoms with Crippen LogP contribution in [0.15, 0.2) is 82.6 Å². The monoisotopic (exact) mass is 410 g/mol. The third-order valence-electron chi connectivity index (χ3n) is 4.55. The molecule has 4 rings (SSSR count). The zero-order chi connectivity index (χ0) is 20.8. The summed E-state index contributed by atoms with van der Waals surface area (Å²) in [5.74, 6) is -1.38. The lowest BCUT2D eigenvalue weighted by atomic mass is 10.3. The molecule has 2 aliphatic heterocycles. The number of anilines is 2. The van der Waals surface area contributed by atoms with Gasteiger partial charge < -0.3 is 5.11 Å². The van der Waals surface area contributed by atoms with E-state index in [1.165, 1.54) is 60.7 Å². The van der Waals surface area contributed by atoms with Gasteiger partial charge in [-0.15, -0.1) is 0 Å².